The molecule has 0 aromatic carbocycles. The molecule has 1 aromatic heterocycles. The zero-order valence-corrected chi connectivity index (χ0v) is 14.2. The van der Waals surface area contributed by atoms with E-state index in [0.29, 0.717) is 6.04 Å². The second kappa shape index (κ2) is 7.51. The first-order valence-electron chi connectivity index (χ1n) is 8.20. The summed E-state index contributed by atoms with van der Waals surface area (Å²) >= 11 is 1.61. The number of aryl methyl sites for hydroxylation is 1. The Balaban J connectivity index is 2.19. The maximum absolute atomic E-state index is 4.37. The van der Waals surface area contributed by atoms with Crippen LogP contribution in [-0.4, -0.2) is 16.1 Å². The first-order valence-corrected chi connectivity index (χ1v) is 8.97. The van der Waals surface area contributed by atoms with E-state index in [-0.39, 0.29) is 0 Å². The molecule has 1 heterocycles. The van der Waals surface area contributed by atoms with Gasteiger partial charge in [0.25, 0.3) is 0 Å². The molecule has 3 nitrogen and oxygen atoms in total. The summed E-state index contributed by atoms with van der Waals surface area (Å²) in [5.74, 6) is 2.44. The van der Waals surface area contributed by atoms with Crippen LogP contribution in [0.5, 0.6) is 0 Å². The molecule has 0 aliphatic heterocycles. The molecule has 1 saturated carbocycles. The zero-order valence-electron chi connectivity index (χ0n) is 13.4. The lowest BCUT2D eigenvalue weighted by atomic mass is 9.73. The Labute approximate surface area is 127 Å². The first-order chi connectivity index (χ1) is 9.65. The van der Waals surface area contributed by atoms with Crippen LogP contribution in [0.2, 0.25) is 0 Å². The summed E-state index contributed by atoms with van der Waals surface area (Å²) in [6, 6.07) is 0.465. The van der Waals surface area contributed by atoms with Gasteiger partial charge in [0.15, 0.2) is 0 Å². The third kappa shape index (κ3) is 3.79. The highest BCUT2D eigenvalue weighted by atomic mass is 32.1. The Kier molecular flexibility index (Phi) is 5.97. The molecule has 0 amide bonds. The van der Waals surface area contributed by atoms with E-state index < -0.39 is 0 Å². The minimum absolute atomic E-state index is 0.465. The van der Waals surface area contributed by atoms with Crippen molar-refractivity contribution in [2.75, 3.05) is 6.54 Å². The van der Waals surface area contributed by atoms with Crippen molar-refractivity contribution in [3.8, 4) is 0 Å². The predicted octanol–water partition coefficient (Wildman–Crippen LogP) is 4.21. The molecule has 0 saturated heterocycles. The molecule has 20 heavy (non-hydrogen) atoms. The lowest BCUT2D eigenvalue weighted by Gasteiger charge is -2.36. The highest BCUT2D eigenvalue weighted by molar-refractivity contribution is 7.05. The third-order valence-electron chi connectivity index (χ3n) is 4.46. The molecule has 0 spiro atoms. The van der Waals surface area contributed by atoms with Crippen molar-refractivity contribution in [1.29, 1.82) is 0 Å². The fraction of sp³-hybridized carbons (Fsp3) is 0.875. The SMILES string of the molecule is CCCc1nnsc1C(NCC)C1CC(C)CC(C)C1. The van der Waals surface area contributed by atoms with Gasteiger partial charge in [-0.25, -0.2) is 0 Å². The summed E-state index contributed by atoms with van der Waals surface area (Å²) in [6.07, 6.45) is 6.27. The van der Waals surface area contributed by atoms with Crippen LogP contribution >= 0.6 is 11.5 Å². The Hall–Kier alpha value is -0.480. The van der Waals surface area contributed by atoms with E-state index >= 15 is 0 Å². The summed E-state index contributed by atoms with van der Waals surface area (Å²) in [5.41, 5.74) is 1.23. The highest BCUT2D eigenvalue weighted by Gasteiger charge is 2.32. The quantitative estimate of drug-likeness (QED) is 0.854. The van der Waals surface area contributed by atoms with E-state index in [2.05, 4.69) is 42.6 Å². The monoisotopic (exact) mass is 295 g/mol. The van der Waals surface area contributed by atoms with Gasteiger partial charge in [0.05, 0.1) is 10.6 Å². The van der Waals surface area contributed by atoms with E-state index in [0.717, 1.165) is 37.1 Å². The molecular weight excluding hydrogens is 266 g/mol. The number of aromatic nitrogens is 2. The van der Waals surface area contributed by atoms with E-state index in [9.17, 15) is 0 Å². The maximum Gasteiger partial charge on any atom is 0.0803 e. The van der Waals surface area contributed by atoms with Gasteiger partial charge in [-0.1, -0.05) is 38.6 Å². The molecular formula is C16H29N3S. The van der Waals surface area contributed by atoms with Crippen LogP contribution < -0.4 is 5.32 Å². The minimum Gasteiger partial charge on any atom is -0.309 e. The fourth-order valence-electron chi connectivity index (χ4n) is 3.84. The van der Waals surface area contributed by atoms with Crippen LogP contribution in [0.1, 0.15) is 70.0 Å². The highest BCUT2D eigenvalue weighted by Crippen LogP contribution is 2.41. The van der Waals surface area contributed by atoms with Crippen molar-refractivity contribution in [2.24, 2.45) is 17.8 Å². The third-order valence-corrected chi connectivity index (χ3v) is 5.31. The van der Waals surface area contributed by atoms with Crippen molar-refractivity contribution in [3.63, 3.8) is 0 Å². The fourth-order valence-corrected chi connectivity index (χ4v) is 4.70. The van der Waals surface area contributed by atoms with Crippen LogP contribution in [-0.2, 0) is 6.42 Å². The summed E-state index contributed by atoms with van der Waals surface area (Å²) in [4.78, 5) is 1.40. The van der Waals surface area contributed by atoms with Crippen LogP contribution in [0.25, 0.3) is 0 Å². The van der Waals surface area contributed by atoms with Gasteiger partial charge in [-0.2, -0.15) is 0 Å². The molecule has 3 unspecified atom stereocenters. The van der Waals surface area contributed by atoms with Crippen LogP contribution in [0, 0.1) is 17.8 Å². The smallest absolute Gasteiger partial charge is 0.0803 e. The van der Waals surface area contributed by atoms with Crippen LogP contribution in [0.15, 0.2) is 0 Å². The van der Waals surface area contributed by atoms with Gasteiger partial charge in [0, 0.05) is 6.04 Å². The summed E-state index contributed by atoms with van der Waals surface area (Å²) < 4.78 is 4.23. The van der Waals surface area contributed by atoms with Crippen LogP contribution in [0.3, 0.4) is 0 Å². The summed E-state index contributed by atoms with van der Waals surface area (Å²) in [5, 5.41) is 8.10. The maximum atomic E-state index is 4.37. The molecule has 1 N–H and O–H groups in total. The number of nitrogens with one attached hydrogen (secondary N) is 1. The van der Waals surface area contributed by atoms with Gasteiger partial charge in [0.1, 0.15) is 0 Å². The molecule has 1 aliphatic carbocycles. The molecule has 114 valence electrons. The average molecular weight is 295 g/mol. The second-order valence-corrected chi connectivity index (χ2v) is 7.33. The molecule has 1 aromatic rings. The van der Waals surface area contributed by atoms with Gasteiger partial charge in [-0.05, 0) is 61.5 Å². The van der Waals surface area contributed by atoms with E-state index in [1.165, 1.54) is 29.8 Å². The van der Waals surface area contributed by atoms with Gasteiger partial charge in [-0.15, -0.1) is 5.10 Å². The second-order valence-electron chi connectivity index (χ2n) is 6.55. The summed E-state index contributed by atoms with van der Waals surface area (Å²) in [6.45, 7) is 10.3. The lowest BCUT2D eigenvalue weighted by Crippen LogP contribution is -2.33. The normalized spacial score (nSPS) is 28.5. The van der Waals surface area contributed by atoms with E-state index in [4.69, 9.17) is 0 Å². The zero-order chi connectivity index (χ0) is 14.5. The Morgan fingerprint density at radius 2 is 1.90 bits per heavy atom. The minimum atomic E-state index is 0.465. The largest absolute Gasteiger partial charge is 0.309 e. The van der Waals surface area contributed by atoms with Crippen LogP contribution in [0.4, 0.5) is 0 Å². The molecule has 2 rings (SSSR count). The topological polar surface area (TPSA) is 37.8 Å². The Bertz CT molecular complexity index is 394. The number of hydrogen-bond acceptors (Lipinski definition) is 4. The van der Waals surface area contributed by atoms with Gasteiger partial charge < -0.3 is 5.32 Å². The molecule has 1 fully saturated rings. The van der Waals surface area contributed by atoms with E-state index in [1.807, 2.05) is 0 Å². The molecule has 3 atom stereocenters. The van der Waals surface area contributed by atoms with Gasteiger partial charge >= 0.3 is 0 Å². The lowest BCUT2D eigenvalue weighted by molar-refractivity contribution is 0.178. The molecule has 0 bridgehead atoms. The standard InChI is InChI=1S/C16H29N3S/c1-5-7-14-16(20-19-18-14)15(17-6-2)13-9-11(3)8-12(4)10-13/h11-13,15,17H,5-10H2,1-4H3. The van der Waals surface area contributed by atoms with Crippen molar-refractivity contribution >= 4 is 11.5 Å². The van der Waals surface area contributed by atoms with Gasteiger partial charge in [0.2, 0.25) is 0 Å². The molecule has 0 radical (unpaired) electrons. The average Bonchev–Trinajstić information content (AvgIpc) is 2.83. The van der Waals surface area contributed by atoms with Gasteiger partial charge in [-0.3, -0.25) is 0 Å². The van der Waals surface area contributed by atoms with Crippen molar-refractivity contribution < 1.29 is 0 Å². The molecule has 1 aliphatic rings. The summed E-state index contributed by atoms with van der Waals surface area (Å²) in [7, 11) is 0. The number of nitrogens with zero attached hydrogens (tertiary/aromatic N) is 2. The Morgan fingerprint density at radius 3 is 2.50 bits per heavy atom. The van der Waals surface area contributed by atoms with E-state index in [1.54, 1.807) is 11.5 Å². The Morgan fingerprint density at radius 1 is 1.20 bits per heavy atom. The predicted molar refractivity (Wildman–Crippen MR) is 86.0 cm³/mol. The van der Waals surface area contributed by atoms with Crippen molar-refractivity contribution in [2.45, 2.75) is 65.8 Å². The van der Waals surface area contributed by atoms with Crippen molar-refractivity contribution in [1.82, 2.24) is 14.9 Å². The molecule has 4 heteroatoms. The number of rotatable bonds is 6. The van der Waals surface area contributed by atoms with Crippen molar-refractivity contribution in [3.05, 3.63) is 10.6 Å². The first kappa shape index (κ1) is 15.9. The number of hydrogen-bond donors (Lipinski definition) is 1.